The minimum atomic E-state index is -0.982. The number of aliphatic hydroxyl groups excluding tert-OH is 3. The van der Waals surface area contributed by atoms with Crippen LogP contribution in [0.2, 0.25) is 0 Å². The second-order valence-electron chi connectivity index (χ2n) is 4.43. The van der Waals surface area contributed by atoms with Gasteiger partial charge in [-0.15, -0.1) is 0 Å². The zero-order valence-electron chi connectivity index (χ0n) is 9.05. The SMILES string of the molecule is CC(C)C(=O)N[C@@H]1C[C@H](CO)[C@@H](O)[C@H]1O. The fourth-order valence-corrected chi connectivity index (χ4v) is 1.80. The maximum atomic E-state index is 11.4. The van der Waals surface area contributed by atoms with Crippen LogP contribution >= 0.6 is 0 Å². The van der Waals surface area contributed by atoms with Gasteiger partial charge in [-0.25, -0.2) is 0 Å². The highest BCUT2D eigenvalue weighted by molar-refractivity contribution is 5.78. The predicted molar refractivity (Wildman–Crippen MR) is 54.0 cm³/mol. The summed E-state index contributed by atoms with van der Waals surface area (Å²) in [6.45, 7) is 3.35. The number of rotatable bonds is 3. The van der Waals surface area contributed by atoms with Crippen molar-refractivity contribution in [3.05, 3.63) is 0 Å². The molecule has 0 aromatic heterocycles. The van der Waals surface area contributed by atoms with Crippen molar-refractivity contribution in [2.24, 2.45) is 11.8 Å². The topological polar surface area (TPSA) is 89.8 Å². The van der Waals surface area contributed by atoms with Gasteiger partial charge in [0.1, 0.15) is 6.10 Å². The van der Waals surface area contributed by atoms with E-state index >= 15 is 0 Å². The summed E-state index contributed by atoms with van der Waals surface area (Å²) in [6, 6.07) is -0.452. The van der Waals surface area contributed by atoms with E-state index in [1.54, 1.807) is 13.8 Å². The van der Waals surface area contributed by atoms with Crippen molar-refractivity contribution in [3.63, 3.8) is 0 Å². The van der Waals surface area contributed by atoms with Gasteiger partial charge in [0.25, 0.3) is 0 Å². The summed E-state index contributed by atoms with van der Waals surface area (Å²) in [7, 11) is 0. The molecule has 5 heteroatoms. The van der Waals surface area contributed by atoms with Crippen molar-refractivity contribution in [1.29, 1.82) is 0 Å². The summed E-state index contributed by atoms with van der Waals surface area (Å²) >= 11 is 0. The third-order valence-corrected chi connectivity index (χ3v) is 2.89. The van der Waals surface area contributed by atoms with E-state index in [2.05, 4.69) is 5.32 Å². The molecule has 4 N–H and O–H groups in total. The summed E-state index contributed by atoms with van der Waals surface area (Å²) < 4.78 is 0. The quantitative estimate of drug-likeness (QED) is 0.481. The van der Waals surface area contributed by atoms with Gasteiger partial charge in [-0.05, 0) is 6.42 Å². The van der Waals surface area contributed by atoms with Crippen LogP contribution in [-0.2, 0) is 4.79 Å². The van der Waals surface area contributed by atoms with Crippen molar-refractivity contribution in [2.75, 3.05) is 6.61 Å². The molecule has 0 aromatic rings. The number of carbonyl (C=O) groups excluding carboxylic acids is 1. The second-order valence-corrected chi connectivity index (χ2v) is 4.43. The molecule has 1 saturated carbocycles. The van der Waals surface area contributed by atoms with E-state index in [1.165, 1.54) is 0 Å². The molecule has 0 heterocycles. The summed E-state index contributed by atoms with van der Waals surface area (Å²) in [6.07, 6.45) is -1.52. The smallest absolute Gasteiger partial charge is 0.222 e. The number of amides is 1. The molecule has 5 nitrogen and oxygen atoms in total. The molecule has 1 rings (SSSR count). The lowest BCUT2D eigenvalue weighted by molar-refractivity contribution is -0.125. The molecule has 1 aliphatic rings. The molecule has 1 aliphatic carbocycles. The van der Waals surface area contributed by atoms with Gasteiger partial charge in [0.05, 0.1) is 12.1 Å². The number of hydrogen-bond donors (Lipinski definition) is 4. The van der Waals surface area contributed by atoms with Gasteiger partial charge in [-0.3, -0.25) is 4.79 Å². The molecule has 4 atom stereocenters. The fraction of sp³-hybridized carbons (Fsp3) is 0.900. The van der Waals surface area contributed by atoms with Crippen LogP contribution in [0.15, 0.2) is 0 Å². The van der Waals surface area contributed by atoms with Crippen molar-refractivity contribution in [1.82, 2.24) is 5.32 Å². The Morgan fingerprint density at radius 2 is 2.00 bits per heavy atom. The Morgan fingerprint density at radius 1 is 1.40 bits per heavy atom. The highest BCUT2D eigenvalue weighted by Crippen LogP contribution is 2.26. The van der Waals surface area contributed by atoms with Gasteiger partial charge in [0.2, 0.25) is 5.91 Å². The van der Waals surface area contributed by atoms with Crippen LogP contribution in [0.5, 0.6) is 0 Å². The second kappa shape index (κ2) is 4.92. The maximum absolute atomic E-state index is 11.4. The van der Waals surface area contributed by atoms with Crippen molar-refractivity contribution in [2.45, 2.75) is 38.5 Å². The van der Waals surface area contributed by atoms with E-state index in [9.17, 15) is 15.0 Å². The Balaban J connectivity index is 2.54. The molecule has 0 spiro atoms. The van der Waals surface area contributed by atoms with Crippen LogP contribution in [0, 0.1) is 11.8 Å². The van der Waals surface area contributed by atoms with Crippen LogP contribution in [0.3, 0.4) is 0 Å². The first kappa shape index (κ1) is 12.4. The molecule has 0 aromatic carbocycles. The molecule has 1 fully saturated rings. The lowest BCUT2D eigenvalue weighted by Crippen LogP contribution is -2.44. The minimum absolute atomic E-state index is 0.148. The number of hydrogen-bond acceptors (Lipinski definition) is 4. The van der Waals surface area contributed by atoms with Gasteiger partial charge >= 0.3 is 0 Å². The Kier molecular flexibility index (Phi) is 4.07. The van der Waals surface area contributed by atoms with Gasteiger partial charge in [-0.2, -0.15) is 0 Å². The number of nitrogens with one attached hydrogen (secondary N) is 1. The third-order valence-electron chi connectivity index (χ3n) is 2.89. The lowest BCUT2D eigenvalue weighted by Gasteiger charge is -2.19. The van der Waals surface area contributed by atoms with Crippen LogP contribution in [0.1, 0.15) is 20.3 Å². The van der Waals surface area contributed by atoms with Crippen LogP contribution in [0.25, 0.3) is 0 Å². The normalized spacial score (nSPS) is 35.9. The molecule has 0 saturated heterocycles. The molecule has 88 valence electrons. The van der Waals surface area contributed by atoms with Crippen LogP contribution < -0.4 is 5.32 Å². The van der Waals surface area contributed by atoms with Crippen molar-refractivity contribution < 1.29 is 20.1 Å². The van der Waals surface area contributed by atoms with Gasteiger partial charge in [0.15, 0.2) is 0 Å². The first-order valence-corrected chi connectivity index (χ1v) is 5.24. The number of carbonyl (C=O) groups is 1. The Hall–Kier alpha value is -0.650. The minimum Gasteiger partial charge on any atom is -0.396 e. The fourth-order valence-electron chi connectivity index (χ4n) is 1.80. The standard InChI is InChI=1S/C10H19NO4/c1-5(2)10(15)11-7-3-6(4-12)8(13)9(7)14/h5-9,12-14H,3-4H2,1-2H3,(H,11,15)/t6-,7-,8-,9+/m1/s1. The first-order valence-electron chi connectivity index (χ1n) is 5.24. The Bertz CT molecular complexity index is 231. The monoisotopic (exact) mass is 217 g/mol. The molecule has 0 bridgehead atoms. The third kappa shape index (κ3) is 2.68. The van der Waals surface area contributed by atoms with E-state index in [4.69, 9.17) is 5.11 Å². The Labute approximate surface area is 89.1 Å². The van der Waals surface area contributed by atoms with Crippen LogP contribution in [0.4, 0.5) is 0 Å². The highest BCUT2D eigenvalue weighted by Gasteiger charge is 2.41. The zero-order chi connectivity index (χ0) is 11.6. The van der Waals surface area contributed by atoms with Gasteiger partial charge < -0.3 is 20.6 Å². The Morgan fingerprint density at radius 3 is 2.40 bits per heavy atom. The van der Waals surface area contributed by atoms with E-state index in [0.717, 1.165) is 0 Å². The van der Waals surface area contributed by atoms with E-state index in [1.807, 2.05) is 0 Å². The van der Waals surface area contributed by atoms with Gasteiger partial charge in [-0.1, -0.05) is 13.8 Å². The predicted octanol–water partition coefficient (Wildman–Crippen LogP) is -1.14. The van der Waals surface area contributed by atoms with E-state index < -0.39 is 18.2 Å². The lowest BCUT2D eigenvalue weighted by atomic mass is 10.1. The molecular weight excluding hydrogens is 198 g/mol. The average molecular weight is 217 g/mol. The van der Waals surface area contributed by atoms with Crippen molar-refractivity contribution >= 4 is 5.91 Å². The molecule has 0 radical (unpaired) electrons. The summed E-state index contributed by atoms with van der Waals surface area (Å²) in [5.74, 6) is -0.648. The highest BCUT2D eigenvalue weighted by atomic mass is 16.3. The molecule has 1 amide bonds. The summed E-state index contributed by atoms with van der Waals surface area (Å²) in [4.78, 5) is 11.4. The zero-order valence-corrected chi connectivity index (χ0v) is 9.05. The number of aliphatic hydroxyl groups is 3. The molecule has 15 heavy (non-hydrogen) atoms. The molecular formula is C10H19NO4. The average Bonchev–Trinajstić information content (AvgIpc) is 2.45. The molecule has 0 aliphatic heterocycles. The van der Waals surface area contributed by atoms with E-state index in [0.29, 0.717) is 6.42 Å². The maximum Gasteiger partial charge on any atom is 0.222 e. The molecule has 0 unspecified atom stereocenters. The van der Waals surface area contributed by atoms with E-state index in [-0.39, 0.29) is 24.3 Å². The largest absolute Gasteiger partial charge is 0.396 e. The first-order chi connectivity index (χ1) is 6.97. The summed E-state index contributed by atoms with van der Waals surface area (Å²) in [5, 5.41) is 30.7. The van der Waals surface area contributed by atoms with Crippen molar-refractivity contribution in [3.8, 4) is 0 Å². The summed E-state index contributed by atoms with van der Waals surface area (Å²) in [5.41, 5.74) is 0. The van der Waals surface area contributed by atoms with Crippen LogP contribution in [-0.4, -0.2) is 46.1 Å². The van der Waals surface area contributed by atoms with Gasteiger partial charge in [0, 0.05) is 18.4 Å².